The normalized spacial score (nSPS) is 10.5. The Morgan fingerprint density at radius 3 is 2.72 bits per heavy atom. The Bertz CT molecular complexity index is 1220. The molecular weight excluding hydrogens is 386 g/mol. The minimum absolute atomic E-state index is 0.497. The minimum atomic E-state index is 0.497. The zero-order chi connectivity index (χ0) is 20.2. The minimum Gasteiger partial charge on any atom is -0.495 e. The topological polar surface area (TPSA) is 83.7 Å². The summed E-state index contributed by atoms with van der Waals surface area (Å²) in [6.07, 6.45) is 3.46. The summed E-state index contributed by atoms with van der Waals surface area (Å²) in [5.41, 5.74) is 3.11. The van der Waals surface area contributed by atoms with Gasteiger partial charge in [-0.05, 0) is 42.0 Å². The zero-order valence-corrected chi connectivity index (χ0v) is 16.3. The van der Waals surface area contributed by atoms with Crippen molar-refractivity contribution in [2.75, 3.05) is 12.4 Å². The highest BCUT2D eigenvalue weighted by Gasteiger charge is 2.12. The quantitative estimate of drug-likeness (QED) is 0.515. The molecule has 0 aliphatic rings. The number of benzene rings is 2. The molecule has 0 spiro atoms. The maximum absolute atomic E-state index is 9.32. The fourth-order valence-electron chi connectivity index (χ4n) is 3.08. The van der Waals surface area contributed by atoms with Crippen molar-refractivity contribution < 1.29 is 4.74 Å². The van der Waals surface area contributed by atoms with Crippen molar-refractivity contribution in [3.8, 4) is 23.1 Å². The molecule has 4 rings (SSSR count). The molecule has 29 heavy (non-hydrogen) atoms. The van der Waals surface area contributed by atoms with Gasteiger partial charge in [-0.1, -0.05) is 23.7 Å². The van der Waals surface area contributed by atoms with Crippen molar-refractivity contribution in [1.29, 1.82) is 5.26 Å². The van der Waals surface area contributed by atoms with Crippen LogP contribution in [0.25, 0.3) is 22.0 Å². The first-order valence-electron chi connectivity index (χ1n) is 8.87. The molecule has 0 saturated carbocycles. The van der Waals surface area contributed by atoms with E-state index >= 15 is 0 Å². The van der Waals surface area contributed by atoms with E-state index in [1.807, 2.05) is 42.5 Å². The highest BCUT2D eigenvalue weighted by Crippen LogP contribution is 2.31. The lowest BCUT2D eigenvalue weighted by Gasteiger charge is -2.12. The van der Waals surface area contributed by atoms with E-state index in [1.54, 1.807) is 25.6 Å². The number of nitrogens with one attached hydrogen (secondary N) is 1. The molecule has 7 heteroatoms. The molecule has 1 N–H and O–H groups in total. The Balaban J connectivity index is 1.73. The van der Waals surface area contributed by atoms with Crippen LogP contribution in [-0.4, -0.2) is 22.3 Å². The summed E-state index contributed by atoms with van der Waals surface area (Å²) in [6, 6.07) is 17.0. The number of ether oxygens (including phenoxy) is 1. The summed E-state index contributed by atoms with van der Waals surface area (Å²) in [5.74, 6) is 1.22. The average molecular weight is 402 g/mol. The molecule has 0 unspecified atom stereocenters. The summed E-state index contributed by atoms with van der Waals surface area (Å²) < 4.78 is 5.19. The van der Waals surface area contributed by atoms with E-state index in [1.165, 1.54) is 0 Å². The van der Waals surface area contributed by atoms with Crippen LogP contribution in [0.1, 0.15) is 11.1 Å². The van der Waals surface area contributed by atoms with Crippen LogP contribution in [0.2, 0.25) is 5.02 Å². The number of halogens is 1. The van der Waals surface area contributed by atoms with Crippen LogP contribution in [0.5, 0.6) is 5.75 Å². The lowest BCUT2D eigenvalue weighted by Crippen LogP contribution is -2.04. The van der Waals surface area contributed by atoms with Gasteiger partial charge < -0.3 is 10.1 Å². The lowest BCUT2D eigenvalue weighted by molar-refractivity contribution is 0.415. The first-order chi connectivity index (χ1) is 14.2. The maximum Gasteiger partial charge on any atom is 0.156 e. The maximum atomic E-state index is 9.32. The molecule has 142 valence electrons. The SMILES string of the molecule is COc1ccc(CNc2nnc(-c3cccnc3)c3ccc(C#N)cc23)cc1Cl. The highest BCUT2D eigenvalue weighted by atomic mass is 35.5. The Morgan fingerprint density at radius 1 is 1.10 bits per heavy atom. The second-order valence-electron chi connectivity index (χ2n) is 6.33. The summed E-state index contributed by atoms with van der Waals surface area (Å²) in [5, 5.41) is 23.7. The van der Waals surface area contributed by atoms with Crippen LogP contribution in [0.3, 0.4) is 0 Å². The van der Waals surface area contributed by atoms with E-state index in [-0.39, 0.29) is 0 Å². The molecule has 2 aromatic carbocycles. The fourth-order valence-corrected chi connectivity index (χ4v) is 3.36. The molecule has 0 aliphatic carbocycles. The van der Waals surface area contributed by atoms with Crippen molar-refractivity contribution >= 4 is 28.2 Å². The fraction of sp³-hybridized carbons (Fsp3) is 0.0909. The lowest BCUT2D eigenvalue weighted by atomic mass is 10.0. The Hall–Kier alpha value is -3.69. The monoisotopic (exact) mass is 401 g/mol. The molecule has 6 nitrogen and oxygen atoms in total. The van der Waals surface area contributed by atoms with Gasteiger partial charge in [0.25, 0.3) is 0 Å². The van der Waals surface area contributed by atoms with Crippen LogP contribution in [-0.2, 0) is 6.54 Å². The molecule has 0 radical (unpaired) electrons. The van der Waals surface area contributed by atoms with Crippen LogP contribution < -0.4 is 10.1 Å². The van der Waals surface area contributed by atoms with E-state index in [9.17, 15) is 5.26 Å². The van der Waals surface area contributed by atoms with Gasteiger partial charge in [0.2, 0.25) is 0 Å². The van der Waals surface area contributed by atoms with Crippen molar-refractivity contribution in [2.45, 2.75) is 6.54 Å². The van der Waals surface area contributed by atoms with Gasteiger partial charge in [0.15, 0.2) is 5.82 Å². The number of rotatable bonds is 5. The number of aromatic nitrogens is 3. The molecule has 0 aliphatic heterocycles. The van der Waals surface area contributed by atoms with Gasteiger partial charge in [0, 0.05) is 35.3 Å². The van der Waals surface area contributed by atoms with Gasteiger partial charge in [0.05, 0.1) is 23.8 Å². The van der Waals surface area contributed by atoms with Crippen LogP contribution in [0, 0.1) is 11.3 Å². The summed E-state index contributed by atoms with van der Waals surface area (Å²) in [7, 11) is 1.58. The number of anilines is 1. The Morgan fingerprint density at radius 2 is 2.00 bits per heavy atom. The Labute approximate surface area is 172 Å². The summed E-state index contributed by atoms with van der Waals surface area (Å²) >= 11 is 6.21. The van der Waals surface area contributed by atoms with E-state index in [2.05, 4.69) is 26.6 Å². The van der Waals surface area contributed by atoms with Gasteiger partial charge in [-0.25, -0.2) is 0 Å². The first-order valence-corrected chi connectivity index (χ1v) is 9.24. The third-order valence-electron chi connectivity index (χ3n) is 4.52. The number of hydrogen-bond acceptors (Lipinski definition) is 6. The van der Waals surface area contributed by atoms with Gasteiger partial charge in [-0.3, -0.25) is 4.98 Å². The third kappa shape index (κ3) is 3.82. The number of fused-ring (bicyclic) bond motifs is 1. The zero-order valence-electron chi connectivity index (χ0n) is 15.6. The van der Waals surface area contributed by atoms with Crippen LogP contribution in [0.4, 0.5) is 5.82 Å². The average Bonchev–Trinajstić information content (AvgIpc) is 2.77. The highest BCUT2D eigenvalue weighted by molar-refractivity contribution is 6.32. The smallest absolute Gasteiger partial charge is 0.156 e. The first kappa shape index (κ1) is 18.7. The van der Waals surface area contributed by atoms with Gasteiger partial charge in [-0.15, -0.1) is 10.2 Å². The Kier molecular flexibility index (Phi) is 5.23. The number of methoxy groups -OCH3 is 1. The molecule has 0 fully saturated rings. The van der Waals surface area contributed by atoms with E-state index in [0.717, 1.165) is 27.6 Å². The van der Waals surface area contributed by atoms with E-state index in [4.69, 9.17) is 16.3 Å². The predicted molar refractivity (Wildman–Crippen MR) is 113 cm³/mol. The second-order valence-corrected chi connectivity index (χ2v) is 6.74. The third-order valence-corrected chi connectivity index (χ3v) is 4.82. The van der Waals surface area contributed by atoms with Gasteiger partial charge in [0.1, 0.15) is 11.4 Å². The van der Waals surface area contributed by atoms with Crippen molar-refractivity contribution in [3.63, 3.8) is 0 Å². The molecular formula is C22H16ClN5O. The molecule has 0 amide bonds. The number of nitrogens with zero attached hydrogens (tertiary/aromatic N) is 4. The van der Waals surface area contributed by atoms with Gasteiger partial charge >= 0.3 is 0 Å². The number of nitriles is 1. The predicted octanol–water partition coefficient (Wildman–Crippen LogP) is 4.84. The van der Waals surface area contributed by atoms with Gasteiger partial charge in [-0.2, -0.15) is 5.26 Å². The largest absolute Gasteiger partial charge is 0.495 e. The van der Waals surface area contributed by atoms with E-state index in [0.29, 0.717) is 28.7 Å². The van der Waals surface area contributed by atoms with Crippen LogP contribution in [0.15, 0.2) is 60.9 Å². The summed E-state index contributed by atoms with van der Waals surface area (Å²) in [4.78, 5) is 4.16. The number of hydrogen-bond donors (Lipinski definition) is 1. The molecule has 0 atom stereocenters. The molecule has 0 saturated heterocycles. The van der Waals surface area contributed by atoms with E-state index < -0.39 is 0 Å². The van der Waals surface area contributed by atoms with Crippen molar-refractivity contribution in [2.24, 2.45) is 0 Å². The van der Waals surface area contributed by atoms with Crippen molar-refractivity contribution in [3.05, 3.63) is 77.1 Å². The molecule has 4 aromatic rings. The summed E-state index contributed by atoms with van der Waals surface area (Å²) in [6.45, 7) is 0.497. The van der Waals surface area contributed by atoms with Crippen LogP contribution >= 0.6 is 11.6 Å². The molecule has 0 bridgehead atoms. The second kappa shape index (κ2) is 8.13. The van der Waals surface area contributed by atoms with Crippen molar-refractivity contribution in [1.82, 2.24) is 15.2 Å². The molecule has 2 aromatic heterocycles. The molecule has 2 heterocycles. The number of pyridine rings is 1. The standard InChI is InChI=1S/C22H16ClN5O/c1-29-20-7-5-15(10-19(20)23)12-26-22-18-9-14(11-24)4-6-17(18)21(27-28-22)16-3-2-8-25-13-16/h2-10,13H,12H2,1H3,(H,26,28).